The molecule has 2 amide bonds. The summed E-state index contributed by atoms with van der Waals surface area (Å²) in [6, 6.07) is 4.44. The normalized spacial score (nSPS) is 19.5. The van der Waals surface area contributed by atoms with Crippen LogP contribution in [0.5, 0.6) is 0 Å². The Bertz CT molecular complexity index is 665. The smallest absolute Gasteiger partial charge is 0.237 e. The van der Waals surface area contributed by atoms with Crippen LogP contribution in [-0.4, -0.2) is 24.9 Å². The maximum absolute atomic E-state index is 12.6. The number of hydrogen-bond acceptors (Lipinski definition) is 4. The van der Waals surface area contributed by atoms with E-state index < -0.39 is 0 Å². The number of rotatable bonds is 1. The zero-order chi connectivity index (χ0) is 15.7. The van der Waals surface area contributed by atoms with E-state index in [1.54, 1.807) is 11.9 Å². The highest BCUT2D eigenvalue weighted by Crippen LogP contribution is 2.43. The van der Waals surface area contributed by atoms with Crippen LogP contribution in [0.3, 0.4) is 0 Å². The maximum Gasteiger partial charge on any atom is 0.237 e. The number of anilines is 2. The van der Waals surface area contributed by atoms with Crippen LogP contribution in [0.4, 0.5) is 10.7 Å². The molecule has 0 aromatic carbocycles. The molecule has 0 spiro atoms. The average Bonchev–Trinajstić information content (AvgIpc) is 2.88. The summed E-state index contributed by atoms with van der Waals surface area (Å²) in [5, 5.41) is 0.836. The van der Waals surface area contributed by atoms with Crippen LogP contribution >= 0.6 is 11.3 Å². The lowest BCUT2D eigenvalue weighted by Gasteiger charge is -2.33. The molecule has 0 bridgehead atoms. The van der Waals surface area contributed by atoms with E-state index in [9.17, 15) is 9.59 Å². The Morgan fingerprint density at radius 1 is 1.23 bits per heavy atom. The van der Waals surface area contributed by atoms with Gasteiger partial charge in [-0.25, -0.2) is 0 Å². The second kappa shape index (κ2) is 6.01. The van der Waals surface area contributed by atoms with Crippen molar-refractivity contribution in [2.24, 2.45) is 5.73 Å². The van der Waals surface area contributed by atoms with Gasteiger partial charge in [0.15, 0.2) is 0 Å². The molecule has 116 valence electrons. The van der Waals surface area contributed by atoms with Crippen molar-refractivity contribution < 1.29 is 9.59 Å². The molecule has 1 aromatic heterocycles. The van der Waals surface area contributed by atoms with Crippen LogP contribution in [0.2, 0.25) is 0 Å². The minimum atomic E-state index is -0.172. The van der Waals surface area contributed by atoms with Gasteiger partial charge < -0.3 is 10.6 Å². The highest BCUT2D eigenvalue weighted by Gasteiger charge is 2.36. The third-order valence-corrected chi connectivity index (χ3v) is 5.39. The molecule has 2 aliphatic rings. The lowest BCUT2D eigenvalue weighted by atomic mass is 9.94. The van der Waals surface area contributed by atoms with Crippen molar-refractivity contribution >= 4 is 33.8 Å². The number of fused-ring (bicyclic) bond motifs is 1. The van der Waals surface area contributed by atoms with Gasteiger partial charge in [-0.15, -0.1) is 11.3 Å². The predicted molar refractivity (Wildman–Crippen MR) is 87.8 cm³/mol. The van der Waals surface area contributed by atoms with E-state index in [-0.39, 0.29) is 24.3 Å². The van der Waals surface area contributed by atoms with Gasteiger partial charge in [-0.05, 0) is 24.8 Å². The second-order valence-corrected chi connectivity index (χ2v) is 6.79. The molecule has 1 aliphatic heterocycles. The van der Waals surface area contributed by atoms with Gasteiger partial charge in [-0.3, -0.25) is 14.5 Å². The Morgan fingerprint density at radius 3 is 2.64 bits per heavy atom. The van der Waals surface area contributed by atoms with Crippen LogP contribution in [0, 0.1) is 12.0 Å². The van der Waals surface area contributed by atoms with Gasteiger partial charge in [-0.1, -0.05) is 19.3 Å². The maximum atomic E-state index is 12.6. The first-order valence-electron chi connectivity index (χ1n) is 7.56. The van der Waals surface area contributed by atoms with Crippen LogP contribution < -0.4 is 15.5 Å². The van der Waals surface area contributed by atoms with E-state index >= 15 is 0 Å². The fourth-order valence-electron chi connectivity index (χ4n) is 3.21. The minimum absolute atomic E-state index is 0.0632. The van der Waals surface area contributed by atoms with Gasteiger partial charge in [0.05, 0.1) is 10.6 Å². The SMILES string of the molecule is CN1C(=O)CC(=O)N(C2CCCCC2)c2sc(C#CN)cc21. The van der Waals surface area contributed by atoms with Crippen LogP contribution in [0.25, 0.3) is 0 Å². The van der Waals surface area contributed by atoms with E-state index in [2.05, 4.69) is 12.0 Å². The quantitative estimate of drug-likeness (QED) is 0.490. The fourth-order valence-corrected chi connectivity index (χ4v) is 4.35. The van der Waals surface area contributed by atoms with Crippen molar-refractivity contribution in [3.05, 3.63) is 10.9 Å². The summed E-state index contributed by atoms with van der Waals surface area (Å²) >= 11 is 1.44. The largest absolute Gasteiger partial charge is 0.359 e. The molecule has 6 heteroatoms. The molecule has 1 fully saturated rings. The summed E-state index contributed by atoms with van der Waals surface area (Å²) in [7, 11) is 1.71. The molecule has 0 unspecified atom stereocenters. The van der Waals surface area contributed by atoms with Crippen LogP contribution in [0.15, 0.2) is 6.07 Å². The number of carbonyl (C=O) groups is 2. The minimum Gasteiger partial charge on any atom is -0.359 e. The number of hydrogen-bond donors (Lipinski definition) is 1. The lowest BCUT2D eigenvalue weighted by molar-refractivity contribution is -0.126. The highest BCUT2D eigenvalue weighted by atomic mass is 32.1. The standard InChI is InChI=1S/C16H19N3O2S/c1-18-13-9-12(7-8-17)22-16(13)19(15(21)10-14(18)20)11-5-3-2-4-6-11/h9,11H,2-6,10,17H2,1H3. The molecule has 0 radical (unpaired) electrons. The van der Waals surface area contributed by atoms with Gasteiger partial charge in [0.25, 0.3) is 0 Å². The van der Waals surface area contributed by atoms with Crippen molar-refractivity contribution in [2.75, 3.05) is 16.8 Å². The molecule has 2 heterocycles. The Hall–Kier alpha value is -2.00. The van der Waals surface area contributed by atoms with Gasteiger partial charge in [0.2, 0.25) is 11.8 Å². The van der Waals surface area contributed by atoms with E-state index in [0.29, 0.717) is 0 Å². The Kier molecular flexibility index (Phi) is 4.08. The average molecular weight is 317 g/mol. The molecule has 1 aromatic rings. The van der Waals surface area contributed by atoms with E-state index in [4.69, 9.17) is 5.73 Å². The third kappa shape index (κ3) is 2.57. The Morgan fingerprint density at radius 2 is 1.95 bits per heavy atom. The fraction of sp³-hybridized carbons (Fsp3) is 0.500. The molecule has 1 aliphatic carbocycles. The van der Waals surface area contributed by atoms with Crippen molar-refractivity contribution in [2.45, 2.75) is 44.6 Å². The van der Waals surface area contributed by atoms with E-state index in [1.165, 1.54) is 17.8 Å². The number of nitrogens with two attached hydrogens (primary N) is 1. The first-order chi connectivity index (χ1) is 10.6. The number of carbonyl (C=O) groups excluding carboxylic acids is 2. The van der Waals surface area contributed by atoms with Gasteiger partial charge >= 0.3 is 0 Å². The molecule has 1 saturated carbocycles. The van der Waals surface area contributed by atoms with Gasteiger partial charge in [-0.2, -0.15) is 0 Å². The van der Waals surface area contributed by atoms with E-state index in [1.807, 2.05) is 11.0 Å². The summed E-state index contributed by atoms with van der Waals surface area (Å²) < 4.78 is 0. The number of amides is 2. The molecule has 3 rings (SSSR count). The third-order valence-electron chi connectivity index (χ3n) is 4.35. The van der Waals surface area contributed by atoms with Crippen LogP contribution in [-0.2, 0) is 9.59 Å². The Balaban J connectivity index is 2.07. The molecular weight excluding hydrogens is 298 g/mol. The molecule has 0 saturated heterocycles. The Labute approximate surface area is 134 Å². The summed E-state index contributed by atoms with van der Waals surface area (Å²) in [6.07, 6.45) is 5.42. The summed E-state index contributed by atoms with van der Waals surface area (Å²) in [5.41, 5.74) is 6.07. The van der Waals surface area contributed by atoms with Crippen molar-refractivity contribution in [1.29, 1.82) is 0 Å². The van der Waals surface area contributed by atoms with Gasteiger partial charge in [0, 0.05) is 19.1 Å². The zero-order valence-electron chi connectivity index (χ0n) is 12.6. The van der Waals surface area contributed by atoms with Crippen molar-refractivity contribution in [3.8, 4) is 12.0 Å². The topological polar surface area (TPSA) is 66.6 Å². The first kappa shape index (κ1) is 14.9. The molecule has 0 atom stereocenters. The number of thiophene rings is 1. The predicted octanol–water partition coefficient (Wildman–Crippen LogP) is 2.05. The number of nitrogens with zero attached hydrogens (tertiary/aromatic N) is 2. The molecule has 5 nitrogen and oxygen atoms in total. The second-order valence-electron chi connectivity index (χ2n) is 5.76. The van der Waals surface area contributed by atoms with Crippen LogP contribution in [0.1, 0.15) is 43.4 Å². The van der Waals surface area contributed by atoms with Crippen molar-refractivity contribution in [3.63, 3.8) is 0 Å². The van der Waals surface area contributed by atoms with Gasteiger partial charge in [0.1, 0.15) is 11.4 Å². The summed E-state index contributed by atoms with van der Waals surface area (Å²) in [5.74, 6) is 2.56. The summed E-state index contributed by atoms with van der Waals surface area (Å²) in [6.45, 7) is 0. The summed E-state index contributed by atoms with van der Waals surface area (Å²) in [4.78, 5) is 29.0. The van der Waals surface area contributed by atoms with E-state index in [0.717, 1.165) is 41.2 Å². The lowest BCUT2D eigenvalue weighted by Crippen LogP contribution is -2.41. The monoisotopic (exact) mass is 317 g/mol. The molecule has 22 heavy (non-hydrogen) atoms. The molecular formula is C16H19N3O2S. The zero-order valence-corrected chi connectivity index (χ0v) is 13.4. The van der Waals surface area contributed by atoms with Crippen molar-refractivity contribution in [1.82, 2.24) is 0 Å². The first-order valence-corrected chi connectivity index (χ1v) is 8.37. The highest BCUT2D eigenvalue weighted by molar-refractivity contribution is 7.17. The molecule has 2 N–H and O–H groups in total.